The molecule has 2 atom stereocenters. The van der Waals surface area contributed by atoms with Crippen molar-refractivity contribution in [3.8, 4) is 0 Å². The van der Waals surface area contributed by atoms with E-state index < -0.39 is 0 Å². The highest BCUT2D eigenvalue weighted by Crippen LogP contribution is 2.26. The predicted molar refractivity (Wildman–Crippen MR) is 55.9 cm³/mol. The summed E-state index contributed by atoms with van der Waals surface area (Å²) in [6, 6.07) is 2.69. The van der Waals surface area contributed by atoms with Crippen molar-refractivity contribution in [2.45, 2.75) is 31.2 Å². The van der Waals surface area contributed by atoms with E-state index in [1.165, 1.54) is 17.7 Å². The van der Waals surface area contributed by atoms with Gasteiger partial charge in [0, 0.05) is 23.4 Å². The van der Waals surface area contributed by atoms with Gasteiger partial charge < -0.3 is 9.73 Å². The molecule has 2 unspecified atom stereocenters. The van der Waals surface area contributed by atoms with E-state index in [1.54, 1.807) is 12.5 Å². The number of furan rings is 1. The Labute approximate surface area is 83.1 Å². The molecule has 1 aliphatic heterocycles. The summed E-state index contributed by atoms with van der Waals surface area (Å²) in [4.78, 5) is 0. The van der Waals surface area contributed by atoms with Crippen molar-refractivity contribution in [3.05, 3.63) is 24.2 Å². The molecular formula is C10H15NOS. The summed E-state index contributed by atoms with van der Waals surface area (Å²) in [5.74, 6) is 1.30. The molecule has 1 fully saturated rings. The van der Waals surface area contributed by atoms with Crippen molar-refractivity contribution in [2.75, 3.05) is 5.75 Å². The molecule has 72 valence electrons. The number of rotatable bonds is 3. The van der Waals surface area contributed by atoms with E-state index >= 15 is 0 Å². The van der Waals surface area contributed by atoms with Crippen molar-refractivity contribution in [1.82, 2.24) is 5.32 Å². The van der Waals surface area contributed by atoms with Gasteiger partial charge in [0.2, 0.25) is 0 Å². The minimum Gasteiger partial charge on any atom is -0.472 e. The molecule has 0 spiro atoms. The fourth-order valence-corrected chi connectivity index (χ4v) is 2.87. The minimum absolute atomic E-state index is 0.680. The summed E-state index contributed by atoms with van der Waals surface area (Å²) < 4.78 is 5.01. The lowest BCUT2D eigenvalue weighted by Gasteiger charge is -2.15. The second kappa shape index (κ2) is 4.20. The van der Waals surface area contributed by atoms with E-state index in [0.717, 1.165) is 11.8 Å². The molecule has 0 amide bonds. The molecule has 0 saturated carbocycles. The normalized spacial score (nSPS) is 28.1. The second-order valence-corrected chi connectivity index (χ2v) is 4.97. The van der Waals surface area contributed by atoms with Crippen LogP contribution in [0.5, 0.6) is 0 Å². The molecule has 2 rings (SSSR count). The number of hydrogen-bond acceptors (Lipinski definition) is 3. The van der Waals surface area contributed by atoms with E-state index in [4.69, 9.17) is 4.42 Å². The summed E-state index contributed by atoms with van der Waals surface area (Å²) >= 11 is 2.06. The predicted octanol–water partition coefficient (Wildman–Crippen LogP) is 2.26. The first kappa shape index (κ1) is 9.16. The highest BCUT2D eigenvalue weighted by atomic mass is 32.2. The minimum atomic E-state index is 0.680. The average Bonchev–Trinajstić information content (AvgIpc) is 2.72. The van der Waals surface area contributed by atoms with Crippen molar-refractivity contribution >= 4 is 11.8 Å². The van der Waals surface area contributed by atoms with Gasteiger partial charge in [-0.15, -0.1) is 0 Å². The van der Waals surface area contributed by atoms with Gasteiger partial charge in [-0.25, -0.2) is 0 Å². The molecule has 1 aromatic rings. The monoisotopic (exact) mass is 197 g/mol. The van der Waals surface area contributed by atoms with E-state index in [9.17, 15) is 0 Å². The van der Waals surface area contributed by atoms with Crippen LogP contribution in [0.4, 0.5) is 0 Å². The van der Waals surface area contributed by atoms with Gasteiger partial charge in [-0.05, 0) is 18.2 Å². The first-order chi connectivity index (χ1) is 6.36. The zero-order valence-electron chi connectivity index (χ0n) is 7.82. The Morgan fingerprint density at radius 3 is 3.23 bits per heavy atom. The highest BCUT2D eigenvalue weighted by molar-refractivity contribution is 8.00. The Bertz CT molecular complexity index is 247. The summed E-state index contributed by atoms with van der Waals surface area (Å²) in [7, 11) is 0. The van der Waals surface area contributed by atoms with Gasteiger partial charge in [0.25, 0.3) is 0 Å². The van der Waals surface area contributed by atoms with E-state index in [2.05, 4.69) is 24.0 Å². The van der Waals surface area contributed by atoms with Gasteiger partial charge in [-0.1, -0.05) is 6.92 Å². The summed E-state index contributed by atoms with van der Waals surface area (Å²) in [5.41, 5.74) is 1.24. The van der Waals surface area contributed by atoms with Crippen molar-refractivity contribution in [2.24, 2.45) is 0 Å². The van der Waals surface area contributed by atoms with Gasteiger partial charge in [0.15, 0.2) is 0 Å². The Kier molecular flexibility index (Phi) is 2.96. The van der Waals surface area contributed by atoms with Crippen LogP contribution in [-0.2, 0) is 6.54 Å². The molecule has 1 aromatic heterocycles. The van der Waals surface area contributed by atoms with Crippen LogP contribution in [0.25, 0.3) is 0 Å². The topological polar surface area (TPSA) is 25.2 Å². The van der Waals surface area contributed by atoms with Crippen molar-refractivity contribution in [3.63, 3.8) is 0 Å². The number of hydrogen-bond donors (Lipinski definition) is 1. The molecule has 1 N–H and O–H groups in total. The molecule has 1 aliphatic rings. The van der Waals surface area contributed by atoms with Gasteiger partial charge >= 0.3 is 0 Å². The van der Waals surface area contributed by atoms with Crippen molar-refractivity contribution in [1.29, 1.82) is 0 Å². The SMILES string of the molecule is CC1SCCC1NCc1ccoc1. The van der Waals surface area contributed by atoms with Gasteiger partial charge in [-0.3, -0.25) is 0 Å². The Balaban J connectivity index is 1.79. The molecule has 3 heteroatoms. The molecule has 0 aromatic carbocycles. The standard InChI is InChI=1S/C10H15NOS/c1-8-10(3-5-13-8)11-6-9-2-4-12-7-9/h2,4,7-8,10-11H,3,5-6H2,1H3. The number of nitrogens with one attached hydrogen (secondary N) is 1. The maximum Gasteiger partial charge on any atom is 0.0947 e. The first-order valence-corrected chi connectivity index (χ1v) is 5.77. The molecule has 1 saturated heterocycles. The largest absolute Gasteiger partial charge is 0.472 e. The maximum atomic E-state index is 5.01. The Hall–Kier alpha value is -0.410. The summed E-state index contributed by atoms with van der Waals surface area (Å²) in [6.07, 6.45) is 4.83. The molecule has 2 nitrogen and oxygen atoms in total. The van der Waals surface area contributed by atoms with Gasteiger partial charge in [-0.2, -0.15) is 11.8 Å². The third-order valence-corrected chi connectivity index (χ3v) is 3.85. The van der Waals surface area contributed by atoms with Crippen LogP contribution in [0.15, 0.2) is 23.0 Å². The summed E-state index contributed by atoms with van der Waals surface area (Å²) in [5, 5.41) is 4.31. The van der Waals surface area contributed by atoms with Crippen LogP contribution >= 0.6 is 11.8 Å². The molecule has 2 heterocycles. The lowest BCUT2D eigenvalue weighted by molar-refractivity contribution is 0.507. The third-order valence-electron chi connectivity index (χ3n) is 2.52. The van der Waals surface area contributed by atoms with Gasteiger partial charge in [0.1, 0.15) is 0 Å². The van der Waals surface area contributed by atoms with E-state index in [1.807, 2.05) is 6.07 Å². The van der Waals surface area contributed by atoms with Crippen molar-refractivity contribution < 1.29 is 4.42 Å². The quantitative estimate of drug-likeness (QED) is 0.804. The second-order valence-electron chi connectivity index (χ2n) is 3.48. The fourth-order valence-electron chi connectivity index (χ4n) is 1.64. The van der Waals surface area contributed by atoms with Crippen LogP contribution < -0.4 is 5.32 Å². The molecule has 0 radical (unpaired) electrons. The Morgan fingerprint density at radius 2 is 2.62 bits per heavy atom. The molecule has 0 aliphatic carbocycles. The number of thioether (sulfide) groups is 1. The zero-order valence-corrected chi connectivity index (χ0v) is 8.64. The van der Waals surface area contributed by atoms with Gasteiger partial charge in [0.05, 0.1) is 12.5 Å². The summed E-state index contributed by atoms with van der Waals surface area (Å²) in [6.45, 7) is 3.23. The maximum absolute atomic E-state index is 5.01. The molecular weight excluding hydrogens is 182 g/mol. The Morgan fingerprint density at radius 1 is 1.69 bits per heavy atom. The van der Waals surface area contributed by atoms with Crippen LogP contribution in [0.1, 0.15) is 18.9 Å². The van der Waals surface area contributed by atoms with E-state index in [0.29, 0.717) is 6.04 Å². The van der Waals surface area contributed by atoms with Crippen LogP contribution in [-0.4, -0.2) is 17.0 Å². The first-order valence-electron chi connectivity index (χ1n) is 4.72. The van der Waals surface area contributed by atoms with E-state index in [-0.39, 0.29) is 0 Å². The molecule has 0 bridgehead atoms. The zero-order chi connectivity index (χ0) is 9.10. The average molecular weight is 197 g/mol. The fraction of sp³-hybridized carbons (Fsp3) is 0.600. The van der Waals surface area contributed by atoms with Crippen LogP contribution in [0, 0.1) is 0 Å². The van der Waals surface area contributed by atoms with Crippen LogP contribution in [0.3, 0.4) is 0 Å². The smallest absolute Gasteiger partial charge is 0.0947 e. The lowest BCUT2D eigenvalue weighted by atomic mass is 10.1. The lowest BCUT2D eigenvalue weighted by Crippen LogP contribution is -2.32. The van der Waals surface area contributed by atoms with Crippen LogP contribution in [0.2, 0.25) is 0 Å². The highest BCUT2D eigenvalue weighted by Gasteiger charge is 2.22. The molecule has 13 heavy (non-hydrogen) atoms. The third kappa shape index (κ3) is 2.29.